The highest BCUT2D eigenvalue weighted by molar-refractivity contribution is 7.99. The predicted molar refractivity (Wildman–Crippen MR) is 103 cm³/mol. The summed E-state index contributed by atoms with van der Waals surface area (Å²) in [7, 11) is 1.76. The Morgan fingerprint density at radius 3 is 2.71 bits per heavy atom. The maximum atomic E-state index is 12.1. The molecule has 2 atom stereocenters. The van der Waals surface area contributed by atoms with Gasteiger partial charge in [0.25, 0.3) is 5.91 Å². The molecule has 1 aromatic carbocycles. The number of carbonyl (C=O) groups is 1. The maximum Gasteiger partial charge on any atom is 0.252 e. The molecule has 0 heterocycles. The van der Waals surface area contributed by atoms with Crippen LogP contribution in [0.3, 0.4) is 0 Å². The van der Waals surface area contributed by atoms with E-state index < -0.39 is 0 Å². The van der Waals surface area contributed by atoms with E-state index in [1.807, 2.05) is 11.8 Å². The van der Waals surface area contributed by atoms with Crippen molar-refractivity contribution in [3.8, 4) is 0 Å². The van der Waals surface area contributed by atoms with Crippen molar-refractivity contribution < 1.29 is 4.79 Å². The van der Waals surface area contributed by atoms with E-state index in [4.69, 9.17) is 11.6 Å². The first kappa shape index (κ1) is 18.9. The van der Waals surface area contributed by atoms with Crippen molar-refractivity contribution in [1.29, 1.82) is 0 Å². The Kier molecular flexibility index (Phi) is 7.72. The van der Waals surface area contributed by atoms with Gasteiger partial charge in [0.1, 0.15) is 0 Å². The number of aliphatic imine (C=N–C) groups is 1. The van der Waals surface area contributed by atoms with Gasteiger partial charge in [-0.25, -0.2) is 0 Å². The van der Waals surface area contributed by atoms with E-state index in [2.05, 4.69) is 27.2 Å². The minimum absolute atomic E-state index is 0.163. The van der Waals surface area contributed by atoms with Gasteiger partial charge in [-0.15, -0.1) is 0 Å². The number of benzene rings is 1. The van der Waals surface area contributed by atoms with E-state index in [1.54, 1.807) is 31.3 Å². The lowest BCUT2D eigenvalue weighted by Gasteiger charge is -2.17. The molecule has 0 aromatic heterocycles. The number of hydrogen-bond acceptors (Lipinski definition) is 3. The monoisotopic (exact) mass is 368 g/mol. The molecule has 1 saturated carbocycles. The van der Waals surface area contributed by atoms with Crippen LogP contribution in [-0.4, -0.2) is 49.6 Å². The van der Waals surface area contributed by atoms with Gasteiger partial charge in [-0.1, -0.05) is 23.7 Å². The molecule has 1 amide bonds. The number of halogens is 1. The zero-order chi connectivity index (χ0) is 17.4. The highest BCUT2D eigenvalue weighted by Gasteiger charge is 2.24. The van der Waals surface area contributed by atoms with E-state index in [0.29, 0.717) is 29.7 Å². The summed E-state index contributed by atoms with van der Waals surface area (Å²) in [6.07, 6.45) is 5.77. The van der Waals surface area contributed by atoms with Gasteiger partial charge in [0.05, 0.1) is 10.6 Å². The number of nitrogens with one attached hydrogen (secondary N) is 3. The van der Waals surface area contributed by atoms with E-state index in [1.165, 1.54) is 19.3 Å². The molecular formula is C17H25ClN4OS. The fourth-order valence-electron chi connectivity index (χ4n) is 2.77. The van der Waals surface area contributed by atoms with Crippen LogP contribution in [0.5, 0.6) is 0 Å². The molecule has 5 nitrogen and oxygen atoms in total. The van der Waals surface area contributed by atoms with Crippen LogP contribution in [0.15, 0.2) is 29.3 Å². The van der Waals surface area contributed by atoms with Crippen molar-refractivity contribution in [2.75, 3.05) is 26.4 Å². The number of carbonyl (C=O) groups excluding carboxylic acids is 1. The van der Waals surface area contributed by atoms with E-state index in [0.717, 1.165) is 11.2 Å². The molecule has 0 aliphatic heterocycles. The minimum atomic E-state index is -0.163. The molecule has 1 aromatic rings. The highest BCUT2D eigenvalue weighted by Crippen LogP contribution is 2.27. The van der Waals surface area contributed by atoms with Gasteiger partial charge in [0.2, 0.25) is 0 Å². The molecule has 2 unspecified atom stereocenters. The van der Waals surface area contributed by atoms with Gasteiger partial charge in [0.15, 0.2) is 5.96 Å². The van der Waals surface area contributed by atoms with Crippen LogP contribution in [0, 0.1) is 0 Å². The second kappa shape index (κ2) is 9.79. The standard InChI is InChI=1S/C17H25ClN4OS/c1-19-17(22-12-7-8-13(11-12)24-2)21-10-9-20-16(23)14-5-3-4-6-15(14)18/h3-6,12-13H,7-11H2,1-2H3,(H,20,23)(H2,19,21,22). The average Bonchev–Trinajstić information content (AvgIpc) is 3.05. The Morgan fingerprint density at radius 2 is 2.04 bits per heavy atom. The second-order valence-electron chi connectivity index (χ2n) is 5.75. The van der Waals surface area contributed by atoms with Crippen molar-refractivity contribution in [3.05, 3.63) is 34.9 Å². The zero-order valence-electron chi connectivity index (χ0n) is 14.1. The fraction of sp³-hybridized carbons (Fsp3) is 0.529. The normalized spacial score (nSPS) is 20.7. The van der Waals surface area contributed by atoms with Crippen molar-refractivity contribution in [2.24, 2.45) is 4.99 Å². The Labute approximate surface area is 153 Å². The Balaban J connectivity index is 1.69. The van der Waals surface area contributed by atoms with Crippen LogP contribution in [0.4, 0.5) is 0 Å². The van der Waals surface area contributed by atoms with Gasteiger partial charge < -0.3 is 16.0 Å². The summed E-state index contributed by atoms with van der Waals surface area (Å²) < 4.78 is 0. The summed E-state index contributed by atoms with van der Waals surface area (Å²) >= 11 is 7.95. The molecule has 2 rings (SSSR count). The summed E-state index contributed by atoms with van der Waals surface area (Å²) in [6.45, 7) is 1.11. The lowest BCUT2D eigenvalue weighted by atomic mass is 10.2. The molecule has 3 N–H and O–H groups in total. The molecular weight excluding hydrogens is 344 g/mol. The molecule has 0 bridgehead atoms. The number of amides is 1. The van der Waals surface area contributed by atoms with Crippen molar-refractivity contribution >= 4 is 35.2 Å². The van der Waals surface area contributed by atoms with Crippen LogP contribution in [0.25, 0.3) is 0 Å². The van der Waals surface area contributed by atoms with Gasteiger partial charge in [0, 0.05) is 31.4 Å². The van der Waals surface area contributed by atoms with Crippen LogP contribution in [-0.2, 0) is 0 Å². The van der Waals surface area contributed by atoms with Crippen molar-refractivity contribution in [3.63, 3.8) is 0 Å². The van der Waals surface area contributed by atoms with E-state index >= 15 is 0 Å². The molecule has 1 fully saturated rings. The topological polar surface area (TPSA) is 65.5 Å². The lowest BCUT2D eigenvalue weighted by Crippen LogP contribution is -2.45. The van der Waals surface area contributed by atoms with Gasteiger partial charge >= 0.3 is 0 Å². The third-order valence-electron chi connectivity index (χ3n) is 4.10. The lowest BCUT2D eigenvalue weighted by molar-refractivity contribution is 0.0954. The fourth-order valence-corrected chi connectivity index (χ4v) is 3.79. The number of rotatable bonds is 6. The Morgan fingerprint density at radius 1 is 1.29 bits per heavy atom. The van der Waals surface area contributed by atoms with Gasteiger partial charge in [-0.05, 0) is 37.7 Å². The third kappa shape index (κ3) is 5.60. The number of hydrogen-bond donors (Lipinski definition) is 3. The molecule has 0 radical (unpaired) electrons. The smallest absolute Gasteiger partial charge is 0.252 e. The summed E-state index contributed by atoms with van der Waals surface area (Å²) in [5, 5.41) is 10.8. The van der Waals surface area contributed by atoms with E-state index in [-0.39, 0.29) is 5.91 Å². The first-order chi connectivity index (χ1) is 11.6. The van der Waals surface area contributed by atoms with Crippen molar-refractivity contribution in [1.82, 2.24) is 16.0 Å². The zero-order valence-corrected chi connectivity index (χ0v) is 15.7. The van der Waals surface area contributed by atoms with Crippen molar-refractivity contribution in [2.45, 2.75) is 30.6 Å². The summed E-state index contributed by atoms with van der Waals surface area (Å²) in [4.78, 5) is 16.3. The van der Waals surface area contributed by atoms with Gasteiger partial charge in [-0.2, -0.15) is 11.8 Å². The van der Waals surface area contributed by atoms with Crippen LogP contribution in [0.1, 0.15) is 29.6 Å². The van der Waals surface area contributed by atoms with Gasteiger partial charge in [-0.3, -0.25) is 9.79 Å². The number of guanidine groups is 1. The minimum Gasteiger partial charge on any atom is -0.355 e. The molecule has 1 aliphatic rings. The molecule has 1 aliphatic carbocycles. The SMILES string of the molecule is CN=C(NCCNC(=O)c1ccccc1Cl)NC1CCC(SC)C1. The summed E-state index contributed by atoms with van der Waals surface area (Å²) in [6, 6.07) is 7.51. The second-order valence-corrected chi connectivity index (χ2v) is 7.29. The predicted octanol–water partition coefficient (Wildman–Crippen LogP) is 2.52. The molecule has 24 heavy (non-hydrogen) atoms. The number of thioether (sulfide) groups is 1. The maximum absolute atomic E-state index is 12.1. The molecule has 7 heteroatoms. The van der Waals surface area contributed by atoms with E-state index in [9.17, 15) is 4.79 Å². The molecule has 132 valence electrons. The first-order valence-electron chi connectivity index (χ1n) is 8.16. The first-order valence-corrected chi connectivity index (χ1v) is 9.83. The Hall–Kier alpha value is -1.40. The molecule has 0 spiro atoms. The van der Waals surface area contributed by atoms with Crippen LogP contribution in [0.2, 0.25) is 5.02 Å². The van der Waals surface area contributed by atoms with Crippen LogP contribution < -0.4 is 16.0 Å². The largest absolute Gasteiger partial charge is 0.355 e. The van der Waals surface area contributed by atoms with Crippen LogP contribution >= 0.6 is 23.4 Å². The Bertz CT molecular complexity index is 581. The average molecular weight is 369 g/mol. The summed E-state index contributed by atoms with van der Waals surface area (Å²) in [5.41, 5.74) is 0.496. The number of nitrogens with zero attached hydrogens (tertiary/aromatic N) is 1. The highest BCUT2D eigenvalue weighted by atomic mass is 35.5. The molecule has 0 saturated heterocycles. The third-order valence-corrected chi connectivity index (χ3v) is 5.53. The quantitative estimate of drug-likeness (QED) is 0.410. The summed E-state index contributed by atoms with van der Waals surface area (Å²) in [5.74, 6) is 0.623.